The molecule has 0 saturated carbocycles. The zero-order valence-electron chi connectivity index (χ0n) is 22.6. The van der Waals surface area contributed by atoms with Gasteiger partial charge in [0.2, 0.25) is 0 Å². The Morgan fingerprint density at radius 3 is 2.25 bits per heavy atom. The van der Waals surface area contributed by atoms with Gasteiger partial charge in [-0.15, -0.1) is 0 Å². The first-order valence-electron chi connectivity index (χ1n) is 13.1. The Bertz CT molecular complexity index is 1420. The molecule has 0 saturated heterocycles. The van der Waals surface area contributed by atoms with Gasteiger partial charge in [-0.25, -0.2) is 4.79 Å². The second-order valence-electron chi connectivity index (χ2n) is 9.49. The number of amides is 1. The maximum absolute atomic E-state index is 13.3. The highest BCUT2D eigenvalue weighted by Gasteiger charge is 2.16. The van der Waals surface area contributed by atoms with Crippen molar-refractivity contribution in [2.45, 2.75) is 32.2 Å². The number of hydrogen-bond acceptors (Lipinski definition) is 5. The van der Waals surface area contributed by atoms with Gasteiger partial charge >= 0.3 is 5.97 Å². The molecule has 1 amide bonds. The van der Waals surface area contributed by atoms with E-state index >= 15 is 0 Å². The molecule has 40 heavy (non-hydrogen) atoms. The molecule has 7 nitrogen and oxygen atoms in total. The second-order valence-corrected chi connectivity index (χ2v) is 9.49. The van der Waals surface area contributed by atoms with Gasteiger partial charge in [0.25, 0.3) is 5.91 Å². The molecule has 0 heterocycles. The summed E-state index contributed by atoms with van der Waals surface area (Å²) in [6, 6.07) is 30.2. The number of carboxylic acids is 1. The summed E-state index contributed by atoms with van der Waals surface area (Å²) in [6.07, 6.45) is 2.31. The van der Waals surface area contributed by atoms with Gasteiger partial charge in [0.1, 0.15) is 23.0 Å². The summed E-state index contributed by atoms with van der Waals surface area (Å²) in [4.78, 5) is 24.1. The third-order valence-corrected chi connectivity index (χ3v) is 6.43. The van der Waals surface area contributed by atoms with E-state index in [9.17, 15) is 9.59 Å². The third-order valence-electron chi connectivity index (χ3n) is 6.43. The van der Waals surface area contributed by atoms with Gasteiger partial charge < -0.3 is 24.6 Å². The number of carboxylic acid groups (broad SMARTS) is 1. The van der Waals surface area contributed by atoms with Gasteiger partial charge in [-0.05, 0) is 91.4 Å². The van der Waals surface area contributed by atoms with Crippen LogP contribution in [-0.2, 0) is 17.6 Å². The lowest BCUT2D eigenvalue weighted by molar-refractivity contribution is -0.139. The molecule has 7 heteroatoms. The van der Waals surface area contributed by atoms with Crippen LogP contribution in [0.4, 0.5) is 0 Å². The summed E-state index contributed by atoms with van der Waals surface area (Å²) in [5.74, 6) is 1.15. The molecule has 4 aromatic carbocycles. The summed E-state index contributed by atoms with van der Waals surface area (Å²) in [5, 5.41) is 12.0. The molecule has 0 spiro atoms. The third kappa shape index (κ3) is 8.36. The van der Waals surface area contributed by atoms with Gasteiger partial charge in [0.05, 0.1) is 7.11 Å². The fourth-order valence-corrected chi connectivity index (χ4v) is 4.35. The average Bonchev–Trinajstić information content (AvgIpc) is 2.96. The second kappa shape index (κ2) is 13.8. The highest BCUT2D eigenvalue weighted by atomic mass is 16.5. The number of carbonyl (C=O) groups is 2. The number of methoxy groups -OCH3 is 1. The first-order valence-corrected chi connectivity index (χ1v) is 13.1. The molecule has 0 fully saturated rings. The van der Waals surface area contributed by atoms with Gasteiger partial charge in [0.15, 0.2) is 6.61 Å². The van der Waals surface area contributed by atoms with Crippen molar-refractivity contribution in [3.63, 3.8) is 0 Å². The van der Waals surface area contributed by atoms with Crippen molar-refractivity contribution in [2.24, 2.45) is 0 Å². The maximum Gasteiger partial charge on any atom is 0.341 e. The van der Waals surface area contributed by atoms with Crippen LogP contribution < -0.4 is 19.5 Å². The van der Waals surface area contributed by atoms with Crippen LogP contribution in [0.3, 0.4) is 0 Å². The van der Waals surface area contributed by atoms with E-state index in [2.05, 4.69) is 17.4 Å². The monoisotopic (exact) mass is 539 g/mol. The Morgan fingerprint density at radius 2 is 1.55 bits per heavy atom. The van der Waals surface area contributed by atoms with Crippen LogP contribution in [0.15, 0.2) is 97.1 Å². The largest absolute Gasteiger partial charge is 0.497 e. The summed E-state index contributed by atoms with van der Waals surface area (Å²) < 4.78 is 16.5. The Balaban J connectivity index is 1.43. The molecule has 1 unspecified atom stereocenters. The van der Waals surface area contributed by atoms with Crippen LogP contribution in [0.1, 0.15) is 33.5 Å². The molecule has 4 aromatic rings. The van der Waals surface area contributed by atoms with E-state index in [1.54, 1.807) is 49.6 Å². The molecule has 1 atom stereocenters. The van der Waals surface area contributed by atoms with E-state index in [-0.39, 0.29) is 11.9 Å². The first-order chi connectivity index (χ1) is 19.4. The van der Waals surface area contributed by atoms with Crippen LogP contribution in [0.5, 0.6) is 23.0 Å². The molecule has 2 N–H and O–H groups in total. The molecule has 0 aliphatic rings. The van der Waals surface area contributed by atoms with E-state index < -0.39 is 12.6 Å². The van der Waals surface area contributed by atoms with E-state index in [1.807, 2.05) is 49.4 Å². The molecule has 206 valence electrons. The van der Waals surface area contributed by atoms with E-state index in [1.165, 1.54) is 5.56 Å². The van der Waals surface area contributed by atoms with Gasteiger partial charge in [-0.1, -0.05) is 48.5 Å². The van der Waals surface area contributed by atoms with Crippen LogP contribution in [-0.4, -0.2) is 36.7 Å². The number of aliphatic carboxylic acids is 1. The van der Waals surface area contributed by atoms with Gasteiger partial charge in [-0.2, -0.15) is 0 Å². The van der Waals surface area contributed by atoms with Crippen molar-refractivity contribution in [2.75, 3.05) is 13.7 Å². The Kier molecular flexibility index (Phi) is 9.77. The van der Waals surface area contributed by atoms with Crippen molar-refractivity contribution in [3.8, 4) is 23.0 Å². The van der Waals surface area contributed by atoms with E-state index in [4.69, 9.17) is 19.3 Å². The fraction of sp³-hybridized carbons (Fsp3) is 0.212. The summed E-state index contributed by atoms with van der Waals surface area (Å²) in [7, 11) is 1.65. The van der Waals surface area contributed by atoms with Crippen LogP contribution in [0.2, 0.25) is 0 Å². The molecular formula is C33H33NO6. The number of ether oxygens (including phenoxy) is 3. The van der Waals surface area contributed by atoms with Gasteiger partial charge in [-0.3, -0.25) is 4.79 Å². The molecule has 0 radical (unpaired) electrons. The lowest BCUT2D eigenvalue weighted by atomic mass is 9.98. The Labute approximate surface area is 234 Å². The quantitative estimate of drug-likeness (QED) is 0.209. The van der Waals surface area contributed by atoms with Crippen molar-refractivity contribution in [1.29, 1.82) is 0 Å². The minimum atomic E-state index is -1.04. The average molecular weight is 540 g/mol. The summed E-state index contributed by atoms with van der Waals surface area (Å²) in [6.45, 7) is 1.40. The number of rotatable bonds is 13. The lowest BCUT2D eigenvalue weighted by Crippen LogP contribution is -2.36. The molecular weight excluding hydrogens is 506 g/mol. The lowest BCUT2D eigenvalue weighted by Gasteiger charge is -2.20. The smallest absolute Gasteiger partial charge is 0.341 e. The number of nitrogens with one attached hydrogen (secondary N) is 1. The van der Waals surface area contributed by atoms with Crippen molar-refractivity contribution in [1.82, 2.24) is 5.32 Å². The number of hydrogen-bond donors (Lipinski definition) is 2. The van der Waals surface area contributed by atoms with Crippen molar-refractivity contribution >= 4 is 11.9 Å². The van der Waals surface area contributed by atoms with Crippen LogP contribution >= 0.6 is 0 Å². The van der Waals surface area contributed by atoms with Crippen LogP contribution in [0.25, 0.3) is 0 Å². The highest BCUT2D eigenvalue weighted by molar-refractivity contribution is 5.94. The zero-order valence-corrected chi connectivity index (χ0v) is 22.6. The SMILES string of the molecule is COc1ccc(CCC(Cc2ccccc2)NC(=O)c2cccc(Oc3ccc(OCC(=O)O)c(C)c3)c2)cc1. The minimum Gasteiger partial charge on any atom is -0.497 e. The van der Waals surface area contributed by atoms with Crippen molar-refractivity contribution < 1.29 is 28.9 Å². The van der Waals surface area contributed by atoms with Gasteiger partial charge in [0, 0.05) is 11.6 Å². The van der Waals surface area contributed by atoms with E-state index in [0.29, 0.717) is 29.2 Å². The predicted molar refractivity (Wildman–Crippen MR) is 154 cm³/mol. The fourth-order valence-electron chi connectivity index (χ4n) is 4.35. The Hall–Kier alpha value is -4.78. The predicted octanol–water partition coefficient (Wildman–Crippen LogP) is 6.23. The first kappa shape index (κ1) is 28.2. The van der Waals surface area contributed by atoms with Crippen LogP contribution in [0, 0.1) is 6.92 Å². The molecule has 0 aliphatic heterocycles. The maximum atomic E-state index is 13.3. The number of aryl methyl sites for hydroxylation is 2. The minimum absolute atomic E-state index is 0.0671. The van der Waals surface area contributed by atoms with E-state index in [0.717, 1.165) is 29.7 Å². The van der Waals surface area contributed by atoms with Crippen molar-refractivity contribution in [3.05, 3.63) is 119 Å². The number of carbonyl (C=O) groups excluding carboxylic acids is 1. The summed E-state index contributed by atoms with van der Waals surface area (Å²) >= 11 is 0. The standard InChI is InChI=1S/C33H33NO6/c1-23-19-30(17-18-31(23)39-22-32(35)36)40-29-10-6-9-26(21-29)33(37)34-27(20-25-7-4-3-5-8-25)14-11-24-12-15-28(38-2)16-13-24/h3-10,12-13,15-19,21,27H,11,14,20,22H2,1-2H3,(H,34,37)(H,35,36). The normalized spacial score (nSPS) is 11.3. The Morgan fingerprint density at radius 1 is 0.825 bits per heavy atom. The molecule has 0 aliphatic carbocycles. The topological polar surface area (TPSA) is 94.1 Å². The molecule has 4 rings (SSSR count). The summed E-state index contributed by atoms with van der Waals surface area (Å²) in [5.41, 5.74) is 3.58. The highest BCUT2D eigenvalue weighted by Crippen LogP contribution is 2.28. The zero-order chi connectivity index (χ0) is 28.3. The molecule has 0 aromatic heterocycles. The number of benzene rings is 4. The molecule has 0 bridgehead atoms.